The minimum atomic E-state index is 0.271. The maximum absolute atomic E-state index is 9.53. The predicted octanol–water partition coefficient (Wildman–Crippen LogP) is 4.17. The summed E-state index contributed by atoms with van der Waals surface area (Å²) >= 11 is 1.60. The number of aromatic nitrogens is 1. The lowest BCUT2D eigenvalue weighted by Crippen LogP contribution is -2.43. The number of anilines is 3. The Hall–Kier alpha value is -2.83. The first-order valence-corrected chi connectivity index (χ1v) is 9.84. The molecular formula is C21H22N4OS. The number of hydrogen-bond acceptors (Lipinski definition) is 6. The van der Waals surface area contributed by atoms with Crippen molar-refractivity contribution in [3.63, 3.8) is 0 Å². The minimum Gasteiger partial charge on any atom is -0.508 e. The highest BCUT2D eigenvalue weighted by Gasteiger charge is 2.11. The highest BCUT2D eigenvalue weighted by Crippen LogP contribution is 2.27. The van der Waals surface area contributed by atoms with Gasteiger partial charge >= 0.3 is 0 Å². The van der Waals surface area contributed by atoms with E-state index in [2.05, 4.69) is 44.8 Å². The van der Waals surface area contributed by atoms with Crippen LogP contribution in [0, 0.1) is 0 Å². The summed E-state index contributed by atoms with van der Waals surface area (Å²) in [6.45, 7) is 4.12. The van der Waals surface area contributed by atoms with Crippen LogP contribution in [0.2, 0.25) is 0 Å². The second-order valence-electron chi connectivity index (χ2n) is 6.41. The van der Waals surface area contributed by atoms with Gasteiger partial charge in [0.2, 0.25) is 0 Å². The summed E-state index contributed by atoms with van der Waals surface area (Å²) in [5.74, 6) is 0.271. The molecule has 0 saturated carbocycles. The van der Waals surface area contributed by atoms with Gasteiger partial charge in [0.1, 0.15) is 5.75 Å². The number of nitrogens with one attached hydrogen (secondary N) is 2. The van der Waals surface area contributed by atoms with Gasteiger partial charge in [-0.1, -0.05) is 35.6 Å². The van der Waals surface area contributed by atoms with Crippen molar-refractivity contribution in [1.29, 1.82) is 0 Å². The summed E-state index contributed by atoms with van der Waals surface area (Å²) in [5.41, 5.74) is 3.24. The lowest BCUT2D eigenvalue weighted by atomic mass is 10.2. The third kappa shape index (κ3) is 4.67. The van der Waals surface area contributed by atoms with Gasteiger partial charge in [0.15, 0.2) is 5.13 Å². The molecule has 1 aliphatic heterocycles. The normalized spacial score (nSPS) is 14.6. The Morgan fingerprint density at radius 3 is 2.78 bits per heavy atom. The second kappa shape index (κ2) is 8.24. The SMILES string of the molecule is Oc1cccc(C=Cc2cnc(Nc3cccc(N4CCNCC4)c3)s2)c1. The first kappa shape index (κ1) is 17.6. The van der Waals surface area contributed by atoms with Gasteiger partial charge in [-0.05, 0) is 42.0 Å². The largest absolute Gasteiger partial charge is 0.508 e. The molecule has 1 saturated heterocycles. The van der Waals surface area contributed by atoms with Crippen molar-refractivity contribution in [3.05, 3.63) is 65.2 Å². The molecular weight excluding hydrogens is 356 g/mol. The molecule has 0 spiro atoms. The first-order valence-electron chi connectivity index (χ1n) is 9.02. The number of nitrogens with zero attached hydrogens (tertiary/aromatic N) is 2. The number of hydrogen-bond donors (Lipinski definition) is 3. The molecule has 2 heterocycles. The fraction of sp³-hybridized carbons (Fsp3) is 0.190. The number of phenolic OH excluding ortho intramolecular Hbond substituents is 1. The average Bonchev–Trinajstić information content (AvgIpc) is 3.15. The molecule has 1 aromatic heterocycles. The van der Waals surface area contributed by atoms with E-state index in [4.69, 9.17) is 0 Å². The molecule has 2 aromatic carbocycles. The highest BCUT2D eigenvalue weighted by atomic mass is 32.1. The minimum absolute atomic E-state index is 0.271. The van der Waals surface area contributed by atoms with Crippen molar-refractivity contribution in [3.8, 4) is 5.75 Å². The number of rotatable bonds is 5. The number of benzene rings is 2. The molecule has 3 aromatic rings. The lowest BCUT2D eigenvalue weighted by Gasteiger charge is -2.29. The molecule has 1 fully saturated rings. The van der Waals surface area contributed by atoms with Gasteiger partial charge < -0.3 is 20.6 Å². The molecule has 0 atom stereocenters. The van der Waals surface area contributed by atoms with E-state index in [1.165, 1.54) is 5.69 Å². The van der Waals surface area contributed by atoms with Crippen LogP contribution < -0.4 is 15.5 Å². The zero-order chi connectivity index (χ0) is 18.5. The standard InChI is InChI=1S/C21H22N4OS/c26-19-6-1-3-16(13-19)7-8-20-15-23-21(27-20)24-17-4-2-5-18(14-17)25-11-9-22-10-12-25/h1-8,13-15,22,26H,9-12H2,(H,23,24). The Bertz CT molecular complexity index is 931. The molecule has 0 unspecified atom stereocenters. The molecule has 138 valence electrons. The van der Waals surface area contributed by atoms with Gasteiger partial charge in [-0.25, -0.2) is 4.98 Å². The van der Waals surface area contributed by atoms with Crippen LogP contribution in [-0.4, -0.2) is 36.3 Å². The van der Waals surface area contributed by atoms with Gasteiger partial charge in [-0.2, -0.15) is 0 Å². The van der Waals surface area contributed by atoms with Crippen LogP contribution in [0.1, 0.15) is 10.4 Å². The fourth-order valence-corrected chi connectivity index (χ4v) is 3.79. The maximum Gasteiger partial charge on any atom is 0.187 e. The maximum atomic E-state index is 9.53. The van der Waals surface area contributed by atoms with Gasteiger partial charge in [0.25, 0.3) is 0 Å². The quantitative estimate of drug-likeness (QED) is 0.622. The monoisotopic (exact) mass is 378 g/mol. The van der Waals surface area contributed by atoms with E-state index in [1.54, 1.807) is 23.5 Å². The number of thiazole rings is 1. The Morgan fingerprint density at radius 1 is 1.07 bits per heavy atom. The van der Waals surface area contributed by atoms with Crippen LogP contribution in [0.25, 0.3) is 12.2 Å². The van der Waals surface area contributed by atoms with Gasteiger partial charge in [-0.15, -0.1) is 0 Å². The van der Waals surface area contributed by atoms with Crippen molar-refractivity contribution in [1.82, 2.24) is 10.3 Å². The summed E-state index contributed by atoms with van der Waals surface area (Å²) < 4.78 is 0. The van der Waals surface area contributed by atoms with Crippen molar-refractivity contribution in [2.24, 2.45) is 0 Å². The van der Waals surface area contributed by atoms with E-state index in [-0.39, 0.29) is 5.75 Å². The summed E-state index contributed by atoms with van der Waals surface area (Å²) in [5, 5.41) is 17.2. The predicted molar refractivity (Wildman–Crippen MR) is 114 cm³/mol. The van der Waals surface area contributed by atoms with Crippen LogP contribution in [0.5, 0.6) is 5.75 Å². The third-order valence-electron chi connectivity index (χ3n) is 4.41. The molecule has 4 rings (SSSR count). The zero-order valence-corrected chi connectivity index (χ0v) is 15.7. The molecule has 27 heavy (non-hydrogen) atoms. The fourth-order valence-electron chi connectivity index (χ4n) is 3.06. The number of piperazine rings is 1. The number of aromatic hydroxyl groups is 1. The second-order valence-corrected chi connectivity index (χ2v) is 7.47. The van der Waals surface area contributed by atoms with Crippen molar-refractivity contribution < 1.29 is 5.11 Å². The van der Waals surface area contributed by atoms with Gasteiger partial charge in [-0.3, -0.25) is 0 Å². The molecule has 1 aliphatic rings. The molecule has 6 heteroatoms. The molecule has 0 amide bonds. The molecule has 0 radical (unpaired) electrons. The van der Waals surface area contributed by atoms with Crippen LogP contribution in [0.15, 0.2) is 54.7 Å². The summed E-state index contributed by atoms with van der Waals surface area (Å²) in [4.78, 5) is 7.92. The smallest absolute Gasteiger partial charge is 0.187 e. The Kier molecular flexibility index (Phi) is 5.37. The van der Waals surface area contributed by atoms with Crippen LogP contribution in [-0.2, 0) is 0 Å². The Labute approximate surface area is 163 Å². The van der Waals surface area contributed by atoms with E-state index in [0.29, 0.717) is 0 Å². The van der Waals surface area contributed by atoms with Crippen molar-refractivity contribution in [2.75, 3.05) is 36.4 Å². The summed E-state index contributed by atoms with van der Waals surface area (Å²) in [6.07, 6.45) is 5.84. The Morgan fingerprint density at radius 2 is 1.93 bits per heavy atom. The first-order chi connectivity index (χ1) is 13.3. The van der Waals surface area contributed by atoms with Gasteiger partial charge in [0.05, 0.1) is 0 Å². The van der Waals surface area contributed by atoms with E-state index >= 15 is 0 Å². The van der Waals surface area contributed by atoms with E-state index < -0.39 is 0 Å². The topological polar surface area (TPSA) is 60.4 Å². The third-order valence-corrected chi connectivity index (χ3v) is 5.29. The highest BCUT2D eigenvalue weighted by molar-refractivity contribution is 7.16. The molecule has 0 aliphatic carbocycles. The number of phenols is 1. The molecule has 5 nitrogen and oxygen atoms in total. The van der Waals surface area contributed by atoms with E-state index in [0.717, 1.165) is 47.4 Å². The summed E-state index contributed by atoms with van der Waals surface area (Å²) in [6, 6.07) is 15.7. The summed E-state index contributed by atoms with van der Waals surface area (Å²) in [7, 11) is 0. The zero-order valence-electron chi connectivity index (χ0n) is 14.9. The van der Waals surface area contributed by atoms with E-state index in [1.807, 2.05) is 30.5 Å². The lowest BCUT2D eigenvalue weighted by molar-refractivity contribution is 0.475. The van der Waals surface area contributed by atoms with Crippen LogP contribution in [0.4, 0.5) is 16.5 Å². The van der Waals surface area contributed by atoms with Crippen molar-refractivity contribution in [2.45, 2.75) is 0 Å². The van der Waals surface area contributed by atoms with E-state index in [9.17, 15) is 5.11 Å². The van der Waals surface area contributed by atoms with Crippen LogP contribution >= 0.6 is 11.3 Å². The van der Waals surface area contributed by atoms with Crippen molar-refractivity contribution >= 4 is 40.0 Å². The molecule has 3 N–H and O–H groups in total. The molecule has 0 bridgehead atoms. The van der Waals surface area contributed by atoms with Crippen LogP contribution in [0.3, 0.4) is 0 Å². The van der Waals surface area contributed by atoms with Gasteiger partial charge in [0, 0.05) is 48.6 Å². The Balaban J connectivity index is 1.43. The average molecular weight is 379 g/mol.